The molecular formula is C5H14N3. The highest BCUT2D eigenvalue weighted by Crippen LogP contribution is 1.97. The Labute approximate surface area is 50.6 Å². The number of nitrogens with zero attached hydrogens (tertiary/aromatic N) is 1. The Morgan fingerprint density at radius 2 is 1.88 bits per heavy atom. The van der Waals surface area contributed by atoms with Gasteiger partial charge in [0.15, 0.2) is 0 Å². The molecule has 3 nitrogen and oxygen atoms in total. The summed E-state index contributed by atoms with van der Waals surface area (Å²) < 4.78 is 0. The third-order valence-electron chi connectivity index (χ3n) is 1.23. The van der Waals surface area contributed by atoms with Gasteiger partial charge in [0.1, 0.15) is 5.79 Å². The predicted molar refractivity (Wildman–Crippen MR) is 34.8 cm³/mol. The molecule has 1 radical (unpaired) electrons. The lowest BCUT2D eigenvalue weighted by atomic mass is 10.3. The first kappa shape index (κ1) is 7.88. The molecule has 0 rings (SSSR count). The SMILES string of the molecule is [CH2]CC(N)(N)N(C)C. The van der Waals surface area contributed by atoms with Crippen molar-refractivity contribution in [2.24, 2.45) is 11.5 Å². The van der Waals surface area contributed by atoms with Crippen LogP contribution in [0.15, 0.2) is 0 Å². The Morgan fingerprint density at radius 1 is 1.50 bits per heavy atom. The van der Waals surface area contributed by atoms with Crippen LogP contribution < -0.4 is 11.5 Å². The van der Waals surface area contributed by atoms with Crippen molar-refractivity contribution in [3.8, 4) is 0 Å². The molecule has 0 aliphatic carbocycles. The summed E-state index contributed by atoms with van der Waals surface area (Å²) in [5.41, 5.74) is 11.0. The van der Waals surface area contributed by atoms with E-state index in [9.17, 15) is 0 Å². The molecule has 0 bridgehead atoms. The third-order valence-corrected chi connectivity index (χ3v) is 1.23. The Hall–Kier alpha value is -0.120. The van der Waals surface area contributed by atoms with Crippen molar-refractivity contribution in [1.29, 1.82) is 0 Å². The molecule has 0 saturated carbocycles. The molecule has 0 aromatic heterocycles. The van der Waals surface area contributed by atoms with Gasteiger partial charge in [0.05, 0.1) is 0 Å². The molecule has 4 N–H and O–H groups in total. The van der Waals surface area contributed by atoms with Crippen LogP contribution in [0.25, 0.3) is 0 Å². The first-order valence-electron chi connectivity index (χ1n) is 2.55. The summed E-state index contributed by atoms with van der Waals surface area (Å²) in [4.78, 5) is 1.74. The van der Waals surface area contributed by atoms with E-state index in [4.69, 9.17) is 11.5 Å². The lowest BCUT2D eigenvalue weighted by molar-refractivity contribution is 0.168. The molecule has 0 saturated heterocycles. The molecule has 0 atom stereocenters. The molecule has 8 heavy (non-hydrogen) atoms. The van der Waals surface area contributed by atoms with Crippen LogP contribution in [0.1, 0.15) is 6.42 Å². The van der Waals surface area contributed by atoms with E-state index in [1.165, 1.54) is 0 Å². The Morgan fingerprint density at radius 3 is 1.88 bits per heavy atom. The summed E-state index contributed by atoms with van der Waals surface area (Å²) in [6, 6.07) is 0. The summed E-state index contributed by atoms with van der Waals surface area (Å²) in [6.07, 6.45) is 0.514. The zero-order chi connectivity index (χ0) is 6.78. The van der Waals surface area contributed by atoms with E-state index in [2.05, 4.69) is 6.92 Å². The minimum Gasteiger partial charge on any atom is -0.301 e. The van der Waals surface area contributed by atoms with Crippen molar-refractivity contribution >= 4 is 0 Å². The molecule has 0 aromatic rings. The minimum atomic E-state index is -0.736. The maximum atomic E-state index is 5.50. The Bertz CT molecular complexity index is 68.1. The van der Waals surface area contributed by atoms with Gasteiger partial charge in [0.2, 0.25) is 0 Å². The van der Waals surface area contributed by atoms with Crippen LogP contribution in [-0.4, -0.2) is 24.8 Å². The van der Waals surface area contributed by atoms with Crippen molar-refractivity contribution in [3.05, 3.63) is 6.92 Å². The fourth-order valence-corrected chi connectivity index (χ4v) is 0.224. The number of nitrogens with two attached hydrogens (primary N) is 2. The third kappa shape index (κ3) is 1.78. The highest BCUT2D eigenvalue weighted by molar-refractivity contribution is 4.73. The molecule has 3 heteroatoms. The maximum Gasteiger partial charge on any atom is 0.120 e. The summed E-state index contributed by atoms with van der Waals surface area (Å²) in [5, 5.41) is 0. The summed E-state index contributed by atoms with van der Waals surface area (Å²) in [5.74, 6) is -0.736. The number of hydrogen-bond donors (Lipinski definition) is 2. The van der Waals surface area contributed by atoms with Crippen LogP contribution in [0.3, 0.4) is 0 Å². The summed E-state index contributed by atoms with van der Waals surface area (Å²) in [6.45, 7) is 3.59. The van der Waals surface area contributed by atoms with Crippen molar-refractivity contribution in [2.75, 3.05) is 14.1 Å². The van der Waals surface area contributed by atoms with E-state index < -0.39 is 5.79 Å². The average Bonchev–Trinajstić information content (AvgIpc) is 1.67. The maximum absolute atomic E-state index is 5.50. The Balaban J connectivity index is 3.71. The van der Waals surface area contributed by atoms with E-state index >= 15 is 0 Å². The first-order valence-corrected chi connectivity index (χ1v) is 2.55. The van der Waals surface area contributed by atoms with Gasteiger partial charge in [-0.1, -0.05) is 0 Å². The van der Waals surface area contributed by atoms with Crippen LogP contribution in [0, 0.1) is 6.92 Å². The highest BCUT2D eigenvalue weighted by Gasteiger charge is 2.17. The zero-order valence-electron chi connectivity index (χ0n) is 5.52. The van der Waals surface area contributed by atoms with Crippen LogP contribution in [0.5, 0.6) is 0 Å². The fraction of sp³-hybridized carbons (Fsp3) is 0.800. The number of rotatable bonds is 2. The number of hydrogen-bond acceptors (Lipinski definition) is 3. The van der Waals surface area contributed by atoms with E-state index in [0.717, 1.165) is 0 Å². The molecule has 0 spiro atoms. The quantitative estimate of drug-likeness (QED) is 0.471. The van der Waals surface area contributed by atoms with Gasteiger partial charge in [-0.2, -0.15) is 0 Å². The second-order valence-corrected chi connectivity index (χ2v) is 2.14. The topological polar surface area (TPSA) is 55.3 Å². The smallest absolute Gasteiger partial charge is 0.120 e. The van der Waals surface area contributed by atoms with Gasteiger partial charge in [-0.3, -0.25) is 4.90 Å². The van der Waals surface area contributed by atoms with Crippen molar-refractivity contribution in [1.82, 2.24) is 4.90 Å². The largest absolute Gasteiger partial charge is 0.301 e. The molecule has 0 amide bonds. The lowest BCUT2D eigenvalue weighted by Gasteiger charge is -2.30. The Kier molecular flexibility index (Phi) is 2.40. The zero-order valence-corrected chi connectivity index (χ0v) is 5.52. The molecule has 0 heterocycles. The van der Waals surface area contributed by atoms with Gasteiger partial charge in [-0.25, -0.2) is 0 Å². The molecule has 0 unspecified atom stereocenters. The van der Waals surface area contributed by atoms with Crippen LogP contribution in [0.4, 0.5) is 0 Å². The minimum absolute atomic E-state index is 0.514. The van der Waals surface area contributed by atoms with Gasteiger partial charge >= 0.3 is 0 Å². The molecule has 0 aromatic carbocycles. The van der Waals surface area contributed by atoms with Gasteiger partial charge < -0.3 is 11.5 Å². The second-order valence-electron chi connectivity index (χ2n) is 2.14. The van der Waals surface area contributed by atoms with Crippen molar-refractivity contribution in [2.45, 2.75) is 12.2 Å². The van der Waals surface area contributed by atoms with Crippen LogP contribution >= 0.6 is 0 Å². The van der Waals surface area contributed by atoms with Gasteiger partial charge in [-0.05, 0) is 27.4 Å². The molecule has 49 valence electrons. The summed E-state index contributed by atoms with van der Waals surface area (Å²) in [7, 11) is 3.65. The van der Waals surface area contributed by atoms with E-state index in [1.807, 2.05) is 14.1 Å². The predicted octanol–water partition coefficient (Wildman–Crippen LogP) is -0.657. The highest BCUT2D eigenvalue weighted by atomic mass is 15.3. The standard InChI is InChI=1S/C5H14N3/c1-4-5(6,7)8(2)3/h1,4,6-7H2,2-3H3. The average molecular weight is 116 g/mol. The molecular weight excluding hydrogens is 102 g/mol. The second kappa shape index (κ2) is 2.44. The van der Waals surface area contributed by atoms with Gasteiger partial charge in [0.25, 0.3) is 0 Å². The van der Waals surface area contributed by atoms with Gasteiger partial charge in [0, 0.05) is 0 Å². The van der Waals surface area contributed by atoms with Crippen molar-refractivity contribution < 1.29 is 0 Å². The molecule has 0 aliphatic heterocycles. The van der Waals surface area contributed by atoms with E-state index in [1.54, 1.807) is 4.90 Å². The van der Waals surface area contributed by atoms with Crippen LogP contribution in [0.2, 0.25) is 0 Å². The van der Waals surface area contributed by atoms with E-state index in [-0.39, 0.29) is 0 Å². The summed E-state index contributed by atoms with van der Waals surface area (Å²) >= 11 is 0. The first-order chi connectivity index (χ1) is 3.50. The fourth-order valence-electron chi connectivity index (χ4n) is 0.224. The van der Waals surface area contributed by atoms with Gasteiger partial charge in [-0.15, -0.1) is 0 Å². The van der Waals surface area contributed by atoms with Crippen molar-refractivity contribution in [3.63, 3.8) is 0 Å². The molecule has 0 fully saturated rings. The monoisotopic (exact) mass is 116 g/mol. The van der Waals surface area contributed by atoms with E-state index in [0.29, 0.717) is 6.42 Å². The van der Waals surface area contributed by atoms with Crippen LogP contribution in [-0.2, 0) is 0 Å². The normalized spacial score (nSPS) is 12.8. The lowest BCUT2D eigenvalue weighted by Crippen LogP contribution is -2.59. The molecule has 0 aliphatic rings.